The first kappa shape index (κ1) is 16.0. The summed E-state index contributed by atoms with van der Waals surface area (Å²) in [6.45, 7) is 1.97. The summed E-state index contributed by atoms with van der Waals surface area (Å²) in [6, 6.07) is 10.5. The van der Waals surface area contributed by atoms with Gasteiger partial charge in [0.05, 0.1) is 16.6 Å². The van der Waals surface area contributed by atoms with Gasteiger partial charge in [-0.1, -0.05) is 40.9 Å². The van der Waals surface area contributed by atoms with E-state index in [0.29, 0.717) is 20.8 Å². The van der Waals surface area contributed by atoms with Gasteiger partial charge < -0.3 is 10.6 Å². The normalized spacial score (nSPS) is 10.3. The van der Waals surface area contributed by atoms with Crippen LogP contribution in [0.25, 0.3) is 0 Å². The summed E-state index contributed by atoms with van der Waals surface area (Å²) in [4.78, 5) is 11.9. The van der Waals surface area contributed by atoms with Gasteiger partial charge in [0, 0.05) is 16.4 Å². The van der Waals surface area contributed by atoms with E-state index in [1.807, 2.05) is 6.92 Å². The molecule has 0 aliphatic heterocycles. The zero-order valence-electron chi connectivity index (χ0n) is 11.2. The van der Waals surface area contributed by atoms with Crippen molar-refractivity contribution in [3.8, 4) is 0 Å². The summed E-state index contributed by atoms with van der Waals surface area (Å²) >= 11 is 17.7. The van der Waals surface area contributed by atoms with E-state index in [9.17, 15) is 4.79 Å². The minimum absolute atomic E-state index is 0.115. The molecule has 0 heterocycles. The Morgan fingerprint density at radius 2 is 1.81 bits per heavy atom. The van der Waals surface area contributed by atoms with E-state index in [-0.39, 0.29) is 12.5 Å². The predicted octanol–water partition coefficient (Wildman–Crippen LogP) is 5.01. The average Bonchev–Trinajstić information content (AvgIpc) is 2.45. The fourth-order valence-corrected chi connectivity index (χ4v) is 2.20. The topological polar surface area (TPSA) is 41.1 Å². The Morgan fingerprint density at radius 3 is 2.52 bits per heavy atom. The number of hydrogen-bond donors (Lipinski definition) is 2. The Labute approximate surface area is 138 Å². The largest absolute Gasteiger partial charge is 0.376 e. The van der Waals surface area contributed by atoms with E-state index in [1.165, 1.54) is 0 Å². The molecule has 0 spiro atoms. The Balaban J connectivity index is 1.96. The maximum absolute atomic E-state index is 11.9. The molecule has 21 heavy (non-hydrogen) atoms. The predicted molar refractivity (Wildman–Crippen MR) is 89.8 cm³/mol. The van der Waals surface area contributed by atoms with Crippen molar-refractivity contribution in [2.45, 2.75) is 6.92 Å². The minimum Gasteiger partial charge on any atom is -0.376 e. The lowest BCUT2D eigenvalue weighted by atomic mass is 10.2. The molecule has 2 aromatic rings. The van der Waals surface area contributed by atoms with Gasteiger partial charge in [-0.15, -0.1) is 0 Å². The molecule has 0 aromatic heterocycles. The first-order chi connectivity index (χ1) is 9.97. The molecular weight excluding hydrogens is 331 g/mol. The number of hydrogen-bond acceptors (Lipinski definition) is 2. The van der Waals surface area contributed by atoms with E-state index < -0.39 is 0 Å². The Bertz CT molecular complexity index is 674. The SMILES string of the molecule is Cc1c(Cl)cccc1NC(=O)CNc1ccc(Cl)c(Cl)c1. The second kappa shape index (κ2) is 7.03. The highest BCUT2D eigenvalue weighted by Crippen LogP contribution is 2.25. The Hall–Kier alpha value is -1.42. The average molecular weight is 344 g/mol. The van der Waals surface area contributed by atoms with Gasteiger partial charge in [-0.3, -0.25) is 4.79 Å². The molecule has 110 valence electrons. The number of anilines is 2. The molecule has 6 heteroatoms. The van der Waals surface area contributed by atoms with Crippen LogP contribution in [-0.4, -0.2) is 12.5 Å². The fourth-order valence-electron chi connectivity index (χ4n) is 1.73. The molecule has 0 saturated carbocycles. The van der Waals surface area contributed by atoms with Crippen molar-refractivity contribution in [3.05, 3.63) is 57.0 Å². The maximum atomic E-state index is 11.9. The van der Waals surface area contributed by atoms with Crippen molar-refractivity contribution < 1.29 is 4.79 Å². The minimum atomic E-state index is -0.175. The molecule has 0 atom stereocenters. The zero-order valence-corrected chi connectivity index (χ0v) is 13.5. The smallest absolute Gasteiger partial charge is 0.243 e. The standard InChI is InChI=1S/C15H13Cl3N2O/c1-9-11(16)3-2-4-14(9)20-15(21)8-19-10-5-6-12(17)13(18)7-10/h2-7,19H,8H2,1H3,(H,20,21). The van der Waals surface area contributed by atoms with Crippen LogP contribution in [-0.2, 0) is 4.79 Å². The quantitative estimate of drug-likeness (QED) is 0.819. The summed E-state index contributed by atoms with van der Waals surface area (Å²) in [5.74, 6) is -0.175. The van der Waals surface area contributed by atoms with Gasteiger partial charge in [0.15, 0.2) is 0 Å². The molecule has 2 rings (SSSR count). The monoisotopic (exact) mass is 342 g/mol. The van der Waals surface area contributed by atoms with E-state index in [1.54, 1.807) is 36.4 Å². The number of nitrogens with one attached hydrogen (secondary N) is 2. The number of rotatable bonds is 4. The van der Waals surface area contributed by atoms with Crippen LogP contribution >= 0.6 is 34.8 Å². The molecule has 0 unspecified atom stereocenters. The van der Waals surface area contributed by atoms with E-state index in [4.69, 9.17) is 34.8 Å². The highest BCUT2D eigenvalue weighted by atomic mass is 35.5. The van der Waals surface area contributed by atoms with Crippen molar-refractivity contribution in [3.63, 3.8) is 0 Å². The van der Waals surface area contributed by atoms with Crippen molar-refractivity contribution in [2.24, 2.45) is 0 Å². The van der Waals surface area contributed by atoms with Crippen LogP contribution in [0.3, 0.4) is 0 Å². The molecule has 0 aliphatic carbocycles. The lowest BCUT2D eigenvalue weighted by Crippen LogP contribution is -2.22. The highest BCUT2D eigenvalue weighted by Gasteiger charge is 2.07. The van der Waals surface area contributed by atoms with E-state index in [0.717, 1.165) is 11.3 Å². The molecule has 0 radical (unpaired) electrons. The third-order valence-corrected chi connectivity index (χ3v) is 4.06. The second-order valence-corrected chi connectivity index (χ2v) is 5.66. The van der Waals surface area contributed by atoms with Crippen LogP contribution in [0.2, 0.25) is 15.1 Å². The van der Waals surface area contributed by atoms with Gasteiger partial charge in [-0.2, -0.15) is 0 Å². The van der Waals surface area contributed by atoms with Crippen molar-refractivity contribution in [2.75, 3.05) is 17.2 Å². The molecular formula is C15H13Cl3N2O. The van der Waals surface area contributed by atoms with Gasteiger partial charge in [0.2, 0.25) is 5.91 Å². The first-order valence-corrected chi connectivity index (χ1v) is 7.34. The third-order valence-electron chi connectivity index (χ3n) is 2.91. The van der Waals surface area contributed by atoms with Gasteiger partial charge in [-0.25, -0.2) is 0 Å². The second-order valence-electron chi connectivity index (χ2n) is 4.44. The van der Waals surface area contributed by atoms with Crippen LogP contribution in [0.5, 0.6) is 0 Å². The number of carbonyl (C=O) groups is 1. The van der Waals surface area contributed by atoms with Gasteiger partial charge >= 0.3 is 0 Å². The van der Waals surface area contributed by atoms with Gasteiger partial charge in [0.25, 0.3) is 0 Å². The maximum Gasteiger partial charge on any atom is 0.243 e. The fraction of sp³-hybridized carbons (Fsp3) is 0.133. The molecule has 2 aromatic carbocycles. The van der Waals surface area contributed by atoms with Crippen LogP contribution in [0.1, 0.15) is 5.56 Å². The van der Waals surface area contributed by atoms with Crippen LogP contribution in [0.4, 0.5) is 11.4 Å². The van der Waals surface area contributed by atoms with Crippen molar-refractivity contribution >= 4 is 52.1 Å². The lowest BCUT2D eigenvalue weighted by Gasteiger charge is -2.11. The summed E-state index contributed by atoms with van der Waals surface area (Å²) in [7, 11) is 0. The van der Waals surface area contributed by atoms with E-state index in [2.05, 4.69) is 10.6 Å². The number of benzene rings is 2. The molecule has 0 aliphatic rings. The molecule has 0 saturated heterocycles. The molecule has 2 N–H and O–H groups in total. The summed E-state index contributed by atoms with van der Waals surface area (Å²) in [5.41, 5.74) is 2.26. The zero-order chi connectivity index (χ0) is 15.4. The summed E-state index contributed by atoms with van der Waals surface area (Å²) in [6.07, 6.45) is 0. The van der Waals surface area contributed by atoms with Crippen LogP contribution < -0.4 is 10.6 Å². The molecule has 3 nitrogen and oxygen atoms in total. The highest BCUT2D eigenvalue weighted by molar-refractivity contribution is 6.42. The summed E-state index contributed by atoms with van der Waals surface area (Å²) in [5, 5.41) is 7.31. The van der Waals surface area contributed by atoms with Gasteiger partial charge in [-0.05, 0) is 42.8 Å². The van der Waals surface area contributed by atoms with Crippen molar-refractivity contribution in [1.82, 2.24) is 0 Å². The third kappa shape index (κ3) is 4.27. The number of carbonyl (C=O) groups excluding carboxylic acids is 1. The van der Waals surface area contributed by atoms with Crippen LogP contribution in [0.15, 0.2) is 36.4 Å². The Morgan fingerprint density at radius 1 is 1.05 bits per heavy atom. The van der Waals surface area contributed by atoms with E-state index >= 15 is 0 Å². The lowest BCUT2D eigenvalue weighted by molar-refractivity contribution is -0.114. The molecule has 0 bridgehead atoms. The first-order valence-electron chi connectivity index (χ1n) is 6.21. The number of halogens is 3. The molecule has 1 amide bonds. The van der Waals surface area contributed by atoms with Crippen molar-refractivity contribution in [1.29, 1.82) is 0 Å². The number of amides is 1. The molecule has 0 fully saturated rings. The summed E-state index contributed by atoms with van der Waals surface area (Å²) < 4.78 is 0. The van der Waals surface area contributed by atoms with Crippen LogP contribution in [0, 0.1) is 6.92 Å². The van der Waals surface area contributed by atoms with Gasteiger partial charge in [0.1, 0.15) is 0 Å². The Kier molecular flexibility index (Phi) is 5.34.